The maximum atomic E-state index is 11.7. The van der Waals surface area contributed by atoms with E-state index in [1.165, 1.54) is 18.2 Å². The normalized spacial score (nSPS) is 11.0. The highest BCUT2D eigenvalue weighted by atomic mass is 16.4. The minimum absolute atomic E-state index is 0.196. The van der Waals surface area contributed by atoms with Gasteiger partial charge in [0.05, 0.1) is 0 Å². The Morgan fingerprint density at radius 3 is 2.24 bits per heavy atom. The molecule has 0 spiro atoms. The van der Waals surface area contributed by atoms with Crippen molar-refractivity contribution in [1.29, 1.82) is 0 Å². The molecule has 0 aliphatic carbocycles. The molecule has 92 valence electrons. The first kappa shape index (κ1) is 13.0. The van der Waals surface area contributed by atoms with Crippen LogP contribution in [-0.4, -0.2) is 22.1 Å². The molecular weight excluding hydrogens is 222 g/mol. The van der Waals surface area contributed by atoms with Gasteiger partial charge in [-0.1, -0.05) is 20.8 Å². The Labute approximate surface area is 99.1 Å². The summed E-state index contributed by atoms with van der Waals surface area (Å²) in [5.41, 5.74) is -0.382. The van der Waals surface area contributed by atoms with E-state index in [9.17, 15) is 14.7 Å². The van der Waals surface area contributed by atoms with E-state index >= 15 is 0 Å². The first-order chi connectivity index (χ1) is 7.71. The Bertz CT molecular complexity index is 460. The van der Waals surface area contributed by atoms with Gasteiger partial charge in [0, 0.05) is 17.2 Å². The second-order valence-corrected chi connectivity index (χ2v) is 4.74. The summed E-state index contributed by atoms with van der Waals surface area (Å²) < 4.78 is 0. The Morgan fingerprint density at radius 2 is 1.82 bits per heavy atom. The largest absolute Gasteiger partial charge is 0.507 e. The average Bonchev–Trinajstić information content (AvgIpc) is 2.15. The fourth-order valence-corrected chi connectivity index (χ4v) is 1.11. The maximum absolute atomic E-state index is 11.7. The molecule has 0 aliphatic heterocycles. The van der Waals surface area contributed by atoms with Crippen LogP contribution in [0.1, 0.15) is 31.1 Å². The number of aromatic carboxylic acids is 1. The van der Waals surface area contributed by atoms with Gasteiger partial charge in [-0.2, -0.15) is 0 Å². The van der Waals surface area contributed by atoms with Crippen LogP contribution < -0.4 is 5.32 Å². The molecule has 0 heterocycles. The average molecular weight is 237 g/mol. The molecule has 5 nitrogen and oxygen atoms in total. The Hall–Kier alpha value is -2.04. The second kappa shape index (κ2) is 4.45. The third-order valence-electron chi connectivity index (χ3n) is 2.17. The highest BCUT2D eigenvalue weighted by Gasteiger charge is 2.21. The van der Waals surface area contributed by atoms with Gasteiger partial charge in [0.25, 0.3) is 0 Å². The van der Waals surface area contributed by atoms with Crippen molar-refractivity contribution < 1.29 is 19.8 Å². The van der Waals surface area contributed by atoms with Crippen molar-refractivity contribution in [3.05, 3.63) is 23.8 Å². The Kier molecular flexibility index (Phi) is 3.41. The van der Waals surface area contributed by atoms with Crippen LogP contribution in [0.2, 0.25) is 0 Å². The number of hydrogen-bond donors (Lipinski definition) is 3. The van der Waals surface area contributed by atoms with E-state index in [0.717, 1.165) is 0 Å². The monoisotopic (exact) mass is 237 g/mol. The van der Waals surface area contributed by atoms with E-state index in [0.29, 0.717) is 5.69 Å². The molecule has 0 fully saturated rings. The highest BCUT2D eigenvalue weighted by molar-refractivity contribution is 5.96. The molecule has 1 aromatic carbocycles. The van der Waals surface area contributed by atoms with Crippen molar-refractivity contribution >= 4 is 17.6 Å². The van der Waals surface area contributed by atoms with E-state index < -0.39 is 11.4 Å². The van der Waals surface area contributed by atoms with E-state index in [-0.39, 0.29) is 17.2 Å². The summed E-state index contributed by atoms with van der Waals surface area (Å²) in [5.74, 6) is -1.79. The summed E-state index contributed by atoms with van der Waals surface area (Å²) in [6, 6.07) is 3.90. The number of carboxylic acids is 1. The molecule has 0 aliphatic rings. The van der Waals surface area contributed by atoms with Crippen molar-refractivity contribution in [1.82, 2.24) is 0 Å². The predicted molar refractivity (Wildman–Crippen MR) is 63.2 cm³/mol. The van der Waals surface area contributed by atoms with Gasteiger partial charge in [-0.05, 0) is 12.1 Å². The van der Waals surface area contributed by atoms with Crippen LogP contribution in [0, 0.1) is 5.41 Å². The van der Waals surface area contributed by atoms with Gasteiger partial charge in [-0.3, -0.25) is 4.79 Å². The molecular formula is C12H15NO4. The maximum Gasteiger partial charge on any atom is 0.339 e. The summed E-state index contributed by atoms with van der Waals surface area (Å²) >= 11 is 0. The number of carbonyl (C=O) groups excluding carboxylic acids is 1. The van der Waals surface area contributed by atoms with Crippen LogP contribution in [0.25, 0.3) is 0 Å². The summed E-state index contributed by atoms with van der Waals surface area (Å²) in [6.07, 6.45) is 0. The zero-order valence-corrected chi connectivity index (χ0v) is 9.94. The zero-order chi connectivity index (χ0) is 13.2. The number of amides is 1. The number of phenols is 1. The standard InChI is InChI=1S/C12H15NO4/c1-12(2,3)11(17)13-7-4-5-8(10(15)16)9(14)6-7/h4-6,14H,1-3H3,(H,13,17)(H,15,16). The number of anilines is 1. The lowest BCUT2D eigenvalue weighted by atomic mass is 9.95. The topological polar surface area (TPSA) is 86.6 Å². The lowest BCUT2D eigenvalue weighted by Gasteiger charge is -2.17. The number of carbonyl (C=O) groups is 2. The number of benzene rings is 1. The molecule has 3 N–H and O–H groups in total. The lowest BCUT2D eigenvalue weighted by molar-refractivity contribution is -0.123. The summed E-state index contributed by atoms with van der Waals surface area (Å²) in [7, 11) is 0. The lowest BCUT2D eigenvalue weighted by Crippen LogP contribution is -2.27. The quantitative estimate of drug-likeness (QED) is 0.734. The first-order valence-electron chi connectivity index (χ1n) is 5.09. The molecule has 1 amide bonds. The third-order valence-corrected chi connectivity index (χ3v) is 2.17. The predicted octanol–water partition coefficient (Wildman–Crippen LogP) is 2.07. The van der Waals surface area contributed by atoms with Crippen molar-refractivity contribution in [2.75, 3.05) is 5.32 Å². The van der Waals surface area contributed by atoms with Gasteiger partial charge in [0.1, 0.15) is 11.3 Å². The third kappa shape index (κ3) is 3.21. The summed E-state index contributed by atoms with van der Waals surface area (Å²) in [5, 5.41) is 20.8. The highest BCUT2D eigenvalue weighted by Crippen LogP contribution is 2.23. The van der Waals surface area contributed by atoms with E-state index in [2.05, 4.69) is 5.32 Å². The number of nitrogens with one attached hydrogen (secondary N) is 1. The van der Waals surface area contributed by atoms with Gasteiger partial charge >= 0.3 is 5.97 Å². The molecule has 0 radical (unpaired) electrons. The molecule has 0 saturated carbocycles. The summed E-state index contributed by atoms with van der Waals surface area (Å²) in [4.78, 5) is 22.3. The second-order valence-electron chi connectivity index (χ2n) is 4.74. The smallest absolute Gasteiger partial charge is 0.339 e. The van der Waals surface area contributed by atoms with Crippen molar-refractivity contribution in [2.24, 2.45) is 5.41 Å². The molecule has 0 atom stereocenters. The number of rotatable bonds is 2. The van der Waals surface area contributed by atoms with Crippen LogP contribution in [0.3, 0.4) is 0 Å². The van der Waals surface area contributed by atoms with Crippen LogP contribution in [0.5, 0.6) is 5.75 Å². The minimum Gasteiger partial charge on any atom is -0.507 e. The van der Waals surface area contributed by atoms with Crippen molar-refractivity contribution in [3.8, 4) is 5.75 Å². The Balaban J connectivity index is 2.92. The van der Waals surface area contributed by atoms with E-state index in [4.69, 9.17) is 5.11 Å². The molecule has 0 unspecified atom stereocenters. The zero-order valence-electron chi connectivity index (χ0n) is 9.94. The van der Waals surface area contributed by atoms with Gasteiger partial charge in [-0.25, -0.2) is 4.79 Å². The van der Waals surface area contributed by atoms with Gasteiger partial charge in [0.2, 0.25) is 5.91 Å². The number of carboxylic acid groups (broad SMARTS) is 1. The molecule has 17 heavy (non-hydrogen) atoms. The van der Waals surface area contributed by atoms with Crippen LogP contribution in [-0.2, 0) is 4.79 Å². The van der Waals surface area contributed by atoms with E-state index in [1.54, 1.807) is 20.8 Å². The number of hydrogen-bond acceptors (Lipinski definition) is 3. The first-order valence-corrected chi connectivity index (χ1v) is 5.09. The molecule has 1 rings (SSSR count). The number of aromatic hydroxyl groups is 1. The van der Waals surface area contributed by atoms with E-state index in [1.807, 2.05) is 0 Å². The molecule has 1 aromatic rings. The van der Waals surface area contributed by atoms with Crippen molar-refractivity contribution in [3.63, 3.8) is 0 Å². The summed E-state index contributed by atoms with van der Waals surface area (Å²) in [6.45, 7) is 5.27. The van der Waals surface area contributed by atoms with Crippen LogP contribution in [0.4, 0.5) is 5.69 Å². The molecule has 0 aromatic heterocycles. The minimum atomic E-state index is -1.21. The SMILES string of the molecule is CC(C)(C)C(=O)Nc1ccc(C(=O)O)c(O)c1. The molecule has 0 bridgehead atoms. The fourth-order valence-electron chi connectivity index (χ4n) is 1.11. The van der Waals surface area contributed by atoms with Gasteiger partial charge < -0.3 is 15.5 Å². The van der Waals surface area contributed by atoms with Crippen LogP contribution in [0.15, 0.2) is 18.2 Å². The fraction of sp³-hybridized carbons (Fsp3) is 0.333. The molecule has 0 saturated heterocycles. The molecule has 5 heteroatoms. The van der Waals surface area contributed by atoms with Gasteiger partial charge in [0.15, 0.2) is 0 Å². The van der Waals surface area contributed by atoms with Gasteiger partial charge in [-0.15, -0.1) is 0 Å². The van der Waals surface area contributed by atoms with Crippen molar-refractivity contribution in [2.45, 2.75) is 20.8 Å². The Morgan fingerprint density at radius 1 is 1.24 bits per heavy atom. The van der Waals surface area contributed by atoms with Crippen LogP contribution >= 0.6 is 0 Å².